The van der Waals surface area contributed by atoms with Gasteiger partial charge >= 0.3 is 0 Å². The number of carbonyl (C=O) groups is 1. The van der Waals surface area contributed by atoms with Crippen LogP contribution in [0, 0.1) is 11.7 Å². The third-order valence-corrected chi connectivity index (χ3v) is 7.50. The number of nitrogens with zero attached hydrogens (tertiary/aromatic N) is 3. The lowest BCUT2D eigenvalue weighted by molar-refractivity contribution is 0.102. The van der Waals surface area contributed by atoms with Crippen LogP contribution in [0.25, 0.3) is 0 Å². The van der Waals surface area contributed by atoms with Crippen molar-refractivity contribution >= 4 is 34.3 Å². The van der Waals surface area contributed by atoms with E-state index in [1.807, 2.05) is 0 Å². The van der Waals surface area contributed by atoms with Gasteiger partial charge in [0.2, 0.25) is 5.17 Å². The SMILES string of the molecule is CONc1ccc(S/C(=N/N)N(N)CCO)c(C(=O)Nc2ncc(C34CCCC3C4)cc2F)c1. The van der Waals surface area contributed by atoms with Crippen molar-refractivity contribution in [2.45, 2.75) is 36.0 Å². The maximum absolute atomic E-state index is 14.9. The number of benzene rings is 1. The molecule has 0 aliphatic heterocycles. The van der Waals surface area contributed by atoms with Gasteiger partial charge in [0.1, 0.15) is 0 Å². The van der Waals surface area contributed by atoms with Crippen LogP contribution in [0.2, 0.25) is 0 Å². The summed E-state index contributed by atoms with van der Waals surface area (Å²) in [5, 5.41) is 16.7. The zero-order chi connectivity index (χ0) is 24.3. The molecule has 1 heterocycles. The van der Waals surface area contributed by atoms with Crippen molar-refractivity contribution in [3.05, 3.63) is 47.4 Å². The summed E-state index contributed by atoms with van der Waals surface area (Å²) in [4.78, 5) is 22.8. The highest BCUT2D eigenvalue weighted by atomic mass is 32.2. The maximum atomic E-state index is 14.9. The maximum Gasteiger partial charge on any atom is 0.258 e. The number of hydrazone groups is 1. The molecule has 2 unspecified atom stereocenters. The van der Waals surface area contributed by atoms with E-state index in [9.17, 15) is 9.18 Å². The highest BCUT2D eigenvalue weighted by Crippen LogP contribution is 2.64. The molecule has 10 nitrogen and oxygen atoms in total. The number of nitrogens with one attached hydrogen (secondary N) is 2. The number of fused-ring (bicyclic) bond motifs is 1. The van der Waals surface area contributed by atoms with E-state index in [2.05, 4.69) is 20.9 Å². The van der Waals surface area contributed by atoms with E-state index in [0.717, 1.165) is 36.6 Å². The van der Waals surface area contributed by atoms with Gasteiger partial charge in [0, 0.05) is 16.5 Å². The van der Waals surface area contributed by atoms with Gasteiger partial charge in [-0.1, -0.05) is 6.42 Å². The first kappa shape index (κ1) is 24.2. The smallest absolute Gasteiger partial charge is 0.258 e. The summed E-state index contributed by atoms with van der Waals surface area (Å²) in [6.45, 7) is -0.110. The third-order valence-electron chi connectivity index (χ3n) is 6.40. The second kappa shape index (κ2) is 10.1. The Morgan fingerprint density at radius 3 is 2.91 bits per heavy atom. The minimum atomic E-state index is -0.577. The van der Waals surface area contributed by atoms with Gasteiger partial charge in [-0.15, -0.1) is 0 Å². The Bertz CT molecular complexity index is 1100. The van der Waals surface area contributed by atoms with Gasteiger partial charge in [-0.2, -0.15) is 5.10 Å². The number of carbonyl (C=O) groups excluding carboxylic acids is 1. The van der Waals surface area contributed by atoms with Gasteiger partial charge in [0.15, 0.2) is 11.6 Å². The average molecular weight is 490 g/mol. The van der Waals surface area contributed by atoms with E-state index in [4.69, 9.17) is 21.6 Å². The van der Waals surface area contributed by atoms with Crippen molar-refractivity contribution in [2.75, 3.05) is 31.1 Å². The predicted octanol–water partition coefficient (Wildman–Crippen LogP) is 2.38. The third kappa shape index (κ3) is 4.80. The van der Waals surface area contributed by atoms with Gasteiger partial charge in [-0.05, 0) is 66.8 Å². The summed E-state index contributed by atoms with van der Waals surface area (Å²) in [5.74, 6) is 10.6. The molecule has 2 atom stereocenters. The number of aliphatic hydroxyl groups is 1. The van der Waals surface area contributed by atoms with E-state index in [1.165, 1.54) is 24.6 Å². The largest absolute Gasteiger partial charge is 0.394 e. The topological polar surface area (TPSA) is 151 Å². The lowest BCUT2D eigenvalue weighted by Gasteiger charge is -2.19. The van der Waals surface area contributed by atoms with Crippen LogP contribution in [0.3, 0.4) is 0 Å². The van der Waals surface area contributed by atoms with Crippen molar-refractivity contribution < 1.29 is 19.1 Å². The molecule has 2 aromatic rings. The molecule has 0 spiro atoms. The van der Waals surface area contributed by atoms with Crippen LogP contribution in [0.1, 0.15) is 41.6 Å². The number of aromatic nitrogens is 1. The fourth-order valence-electron chi connectivity index (χ4n) is 4.64. The number of halogens is 1. The Morgan fingerprint density at radius 1 is 1.47 bits per heavy atom. The number of anilines is 2. The molecule has 12 heteroatoms. The van der Waals surface area contributed by atoms with Gasteiger partial charge in [-0.3, -0.25) is 20.1 Å². The van der Waals surface area contributed by atoms with Crippen LogP contribution in [0.15, 0.2) is 40.5 Å². The molecule has 7 N–H and O–H groups in total. The van der Waals surface area contributed by atoms with Crippen LogP contribution in [0.5, 0.6) is 0 Å². The molecule has 1 aromatic heterocycles. The van der Waals surface area contributed by atoms with Crippen LogP contribution < -0.4 is 22.5 Å². The molecule has 34 heavy (non-hydrogen) atoms. The Labute approximate surface area is 200 Å². The first-order chi connectivity index (χ1) is 16.4. The fourth-order valence-corrected chi connectivity index (χ4v) is 5.50. The fraction of sp³-hybridized carbons (Fsp3) is 0.409. The summed E-state index contributed by atoms with van der Waals surface area (Å²) in [7, 11) is 1.44. The van der Waals surface area contributed by atoms with Gasteiger partial charge in [-0.25, -0.2) is 15.2 Å². The number of hydrogen-bond acceptors (Lipinski definition) is 9. The van der Waals surface area contributed by atoms with E-state index in [1.54, 1.807) is 24.4 Å². The number of aliphatic hydroxyl groups excluding tert-OH is 1. The summed E-state index contributed by atoms with van der Waals surface area (Å²) < 4.78 is 14.9. The molecule has 2 aliphatic carbocycles. The first-order valence-electron chi connectivity index (χ1n) is 10.9. The van der Waals surface area contributed by atoms with Crippen molar-refractivity contribution in [3.63, 3.8) is 0 Å². The zero-order valence-corrected chi connectivity index (χ0v) is 19.6. The molecule has 1 aromatic carbocycles. The summed E-state index contributed by atoms with van der Waals surface area (Å²) in [6.07, 6.45) is 6.15. The molecular weight excluding hydrogens is 461 g/mol. The number of hydrogen-bond donors (Lipinski definition) is 5. The van der Waals surface area contributed by atoms with Crippen molar-refractivity contribution in [3.8, 4) is 0 Å². The van der Waals surface area contributed by atoms with E-state index in [-0.39, 0.29) is 35.1 Å². The monoisotopic (exact) mass is 489 g/mol. The minimum Gasteiger partial charge on any atom is -0.394 e. The molecule has 182 valence electrons. The number of hydrazine groups is 1. The van der Waals surface area contributed by atoms with Gasteiger partial charge < -0.3 is 16.3 Å². The van der Waals surface area contributed by atoms with Gasteiger partial charge in [0.25, 0.3) is 5.91 Å². The number of rotatable bonds is 8. The second-order valence-corrected chi connectivity index (χ2v) is 9.41. The average Bonchev–Trinajstić information content (AvgIpc) is 3.39. The van der Waals surface area contributed by atoms with E-state index >= 15 is 0 Å². The number of amides is 1. The van der Waals surface area contributed by atoms with E-state index < -0.39 is 11.7 Å². The highest BCUT2D eigenvalue weighted by molar-refractivity contribution is 8.13. The molecule has 0 saturated heterocycles. The second-order valence-electron chi connectivity index (χ2n) is 8.41. The highest BCUT2D eigenvalue weighted by Gasteiger charge is 2.57. The number of pyridine rings is 1. The Hall–Kier alpha value is -2.93. The van der Waals surface area contributed by atoms with Crippen molar-refractivity contribution in [1.29, 1.82) is 0 Å². The zero-order valence-electron chi connectivity index (χ0n) is 18.8. The van der Waals surface area contributed by atoms with Crippen molar-refractivity contribution in [1.82, 2.24) is 9.99 Å². The van der Waals surface area contributed by atoms with Crippen LogP contribution >= 0.6 is 11.8 Å². The van der Waals surface area contributed by atoms with E-state index in [0.29, 0.717) is 16.5 Å². The molecule has 2 aliphatic rings. The van der Waals surface area contributed by atoms with Crippen molar-refractivity contribution in [2.24, 2.45) is 22.7 Å². The van der Waals surface area contributed by atoms with Crippen LogP contribution in [-0.4, -0.2) is 46.4 Å². The summed E-state index contributed by atoms with van der Waals surface area (Å²) >= 11 is 1.03. The quantitative estimate of drug-likeness (QED) is 0.124. The number of nitrogens with two attached hydrogens (primary N) is 2. The number of amidine groups is 1. The summed E-state index contributed by atoms with van der Waals surface area (Å²) in [6, 6.07) is 6.37. The molecule has 0 radical (unpaired) electrons. The Morgan fingerprint density at radius 2 is 2.29 bits per heavy atom. The normalized spacial score (nSPS) is 21.2. The Kier molecular flexibility index (Phi) is 7.22. The van der Waals surface area contributed by atoms with Crippen LogP contribution in [-0.2, 0) is 10.3 Å². The molecule has 2 saturated carbocycles. The molecule has 2 fully saturated rings. The minimum absolute atomic E-state index is 0.0704. The first-order valence-corrected chi connectivity index (χ1v) is 11.7. The summed E-state index contributed by atoms with van der Waals surface area (Å²) in [5.41, 5.74) is 4.35. The van der Waals surface area contributed by atoms with Crippen LogP contribution in [0.4, 0.5) is 15.9 Å². The lowest BCUT2D eigenvalue weighted by Crippen LogP contribution is -2.38. The Balaban J connectivity index is 1.57. The van der Waals surface area contributed by atoms with Gasteiger partial charge in [0.05, 0.1) is 31.5 Å². The predicted molar refractivity (Wildman–Crippen MR) is 128 cm³/mol. The standard InChI is InChI=1S/C22H28FN7O3S/c1-33-29-15-4-5-18(34-21(28-24)30(25)7-8-31)16(10-15)20(32)27-19-17(23)9-14(12-26-19)22-6-2-3-13(22)11-22/h4-5,9-10,12-13,29,31H,2-3,6-8,11,24-25H2,1H3,(H,26,27,32)/b28-21+. The molecule has 0 bridgehead atoms. The molecular formula is C22H28FN7O3S. The number of thioether (sulfide) groups is 1. The molecule has 4 rings (SSSR count). The lowest BCUT2D eigenvalue weighted by atomic mass is 9.95. The molecule has 1 amide bonds.